The molecule has 1 aromatic rings. The number of hydrogen-bond acceptors (Lipinski definition) is 2. The van der Waals surface area contributed by atoms with Crippen molar-refractivity contribution in [2.45, 2.75) is 38.6 Å². The summed E-state index contributed by atoms with van der Waals surface area (Å²) >= 11 is 3.46. The molecule has 1 aliphatic carbocycles. The zero-order valence-corrected chi connectivity index (χ0v) is 18.5. The first kappa shape index (κ1) is 21.7. The van der Waals surface area contributed by atoms with Crippen molar-refractivity contribution >= 4 is 45.9 Å². The van der Waals surface area contributed by atoms with Crippen molar-refractivity contribution in [2.75, 3.05) is 27.3 Å². The number of hydrogen-bond donors (Lipinski definition) is 2. The first-order chi connectivity index (χ1) is 11.2. The maximum absolute atomic E-state index is 5.30. The number of guanidine groups is 1. The van der Waals surface area contributed by atoms with Crippen LogP contribution in [-0.2, 0) is 11.3 Å². The van der Waals surface area contributed by atoms with Crippen LogP contribution >= 0.6 is 39.9 Å². The highest BCUT2D eigenvalue weighted by Gasteiger charge is 2.33. The standard InChI is InChI=1S/C18H28BrN3O.HI/c1-20-17(21-13-15-5-7-16(19)8-6-15)22-14-18(11-12-23-2)9-3-4-10-18;/h5-8H,3-4,9-14H2,1-2H3,(H2,20,21,22);1H. The highest BCUT2D eigenvalue weighted by Crippen LogP contribution is 2.40. The van der Waals surface area contributed by atoms with Crippen molar-refractivity contribution < 1.29 is 4.74 Å². The molecule has 0 saturated heterocycles. The number of aliphatic imine (C=N–C) groups is 1. The van der Waals surface area contributed by atoms with Gasteiger partial charge in [-0.2, -0.15) is 0 Å². The average Bonchev–Trinajstić information content (AvgIpc) is 3.04. The fraction of sp³-hybridized carbons (Fsp3) is 0.611. The Hall–Kier alpha value is -0.340. The third-order valence-electron chi connectivity index (χ3n) is 4.73. The molecular weight excluding hydrogens is 481 g/mol. The molecule has 0 radical (unpaired) electrons. The summed E-state index contributed by atoms with van der Waals surface area (Å²) in [6.45, 7) is 2.58. The van der Waals surface area contributed by atoms with E-state index in [1.807, 2.05) is 7.05 Å². The lowest BCUT2D eigenvalue weighted by Gasteiger charge is -2.30. The van der Waals surface area contributed by atoms with Gasteiger partial charge in [-0.3, -0.25) is 4.99 Å². The normalized spacial score (nSPS) is 16.5. The Morgan fingerprint density at radius 2 is 1.88 bits per heavy atom. The summed E-state index contributed by atoms with van der Waals surface area (Å²) in [5, 5.41) is 6.91. The molecule has 0 spiro atoms. The van der Waals surface area contributed by atoms with Crippen LogP contribution in [0.15, 0.2) is 33.7 Å². The summed E-state index contributed by atoms with van der Waals surface area (Å²) < 4.78 is 6.40. The van der Waals surface area contributed by atoms with Gasteiger partial charge in [0.05, 0.1) is 0 Å². The molecule has 6 heteroatoms. The minimum absolute atomic E-state index is 0. The van der Waals surface area contributed by atoms with Crippen LogP contribution in [0.4, 0.5) is 0 Å². The average molecular weight is 510 g/mol. The van der Waals surface area contributed by atoms with Crippen LogP contribution in [0, 0.1) is 5.41 Å². The molecule has 1 saturated carbocycles. The molecular formula is C18H29BrIN3O. The van der Waals surface area contributed by atoms with Crippen LogP contribution in [0.25, 0.3) is 0 Å². The van der Waals surface area contributed by atoms with Gasteiger partial charge >= 0.3 is 0 Å². The summed E-state index contributed by atoms with van der Waals surface area (Å²) in [4.78, 5) is 4.35. The van der Waals surface area contributed by atoms with Crippen LogP contribution in [0.3, 0.4) is 0 Å². The molecule has 1 aliphatic rings. The Balaban J connectivity index is 0.00000288. The molecule has 4 nitrogen and oxygen atoms in total. The number of rotatable bonds is 7. The van der Waals surface area contributed by atoms with Gasteiger partial charge < -0.3 is 15.4 Å². The SMILES string of the molecule is CN=C(NCc1ccc(Br)cc1)NCC1(CCOC)CCCC1.I. The van der Waals surface area contributed by atoms with Gasteiger partial charge in [0.2, 0.25) is 0 Å². The fourth-order valence-electron chi connectivity index (χ4n) is 3.24. The zero-order valence-electron chi connectivity index (χ0n) is 14.6. The third-order valence-corrected chi connectivity index (χ3v) is 5.26. The van der Waals surface area contributed by atoms with Crippen LogP contribution in [0.5, 0.6) is 0 Å². The lowest BCUT2D eigenvalue weighted by Crippen LogP contribution is -2.43. The molecule has 0 bridgehead atoms. The Morgan fingerprint density at radius 1 is 1.21 bits per heavy atom. The highest BCUT2D eigenvalue weighted by molar-refractivity contribution is 14.0. The maximum atomic E-state index is 5.30. The van der Waals surface area contributed by atoms with Crippen molar-refractivity contribution in [1.82, 2.24) is 10.6 Å². The van der Waals surface area contributed by atoms with Crippen molar-refractivity contribution in [3.8, 4) is 0 Å². The predicted molar refractivity (Wildman–Crippen MR) is 115 cm³/mol. The highest BCUT2D eigenvalue weighted by atomic mass is 127. The van der Waals surface area contributed by atoms with Gasteiger partial charge in [0, 0.05) is 38.3 Å². The van der Waals surface area contributed by atoms with Gasteiger partial charge in [-0.15, -0.1) is 24.0 Å². The van der Waals surface area contributed by atoms with Crippen molar-refractivity contribution in [1.29, 1.82) is 0 Å². The summed E-state index contributed by atoms with van der Waals surface area (Å²) in [6, 6.07) is 8.35. The molecule has 0 unspecified atom stereocenters. The summed E-state index contributed by atoms with van der Waals surface area (Å²) in [5.74, 6) is 0.872. The number of nitrogens with zero attached hydrogens (tertiary/aromatic N) is 1. The Kier molecular flexibility index (Phi) is 10.2. The maximum Gasteiger partial charge on any atom is 0.191 e. The number of ether oxygens (including phenoxy) is 1. The Labute approximate surface area is 171 Å². The van der Waals surface area contributed by atoms with E-state index in [0.29, 0.717) is 5.41 Å². The second-order valence-electron chi connectivity index (χ2n) is 6.36. The van der Waals surface area contributed by atoms with E-state index in [2.05, 4.69) is 55.8 Å². The number of benzene rings is 1. The molecule has 2 N–H and O–H groups in total. The minimum atomic E-state index is 0. The van der Waals surface area contributed by atoms with E-state index >= 15 is 0 Å². The molecule has 0 aromatic heterocycles. The molecule has 24 heavy (non-hydrogen) atoms. The fourth-order valence-corrected chi connectivity index (χ4v) is 3.50. The molecule has 1 aromatic carbocycles. The van der Waals surface area contributed by atoms with E-state index in [1.54, 1.807) is 7.11 Å². The second-order valence-corrected chi connectivity index (χ2v) is 7.27. The van der Waals surface area contributed by atoms with Gasteiger partial charge in [0.25, 0.3) is 0 Å². The van der Waals surface area contributed by atoms with Crippen LogP contribution in [0.1, 0.15) is 37.7 Å². The zero-order chi connectivity index (χ0) is 16.5. The van der Waals surface area contributed by atoms with E-state index in [1.165, 1.54) is 31.2 Å². The lowest BCUT2D eigenvalue weighted by molar-refractivity contribution is 0.138. The topological polar surface area (TPSA) is 45.7 Å². The van der Waals surface area contributed by atoms with E-state index in [4.69, 9.17) is 4.74 Å². The molecule has 136 valence electrons. The minimum Gasteiger partial charge on any atom is -0.385 e. The van der Waals surface area contributed by atoms with Gasteiger partial charge in [0.1, 0.15) is 0 Å². The van der Waals surface area contributed by atoms with Gasteiger partial charge in [-0.1, -0.05) is 40.9 Å². The van der Waals surface area contributed by atoms with E-state index < -0.39 is 0 Å². The largest absolute Gasteiger partial charge is 0.385 e. The first-order valence-electron chi connectivity index (χ1n) is 8.35. The van der Waals surface area contributed by atoms with Crippen LogP contribution in [-0.4, -0.2) is 33.3 Å². The molecule has 1 fully saturated rings. The van der Waals surface area contributed by atoms with Crippen molar-refractivity contribution in [3.05, 3.63) is 34.3 Å². The third kappa shape index (κ3) is 6.88. The summed E-state index contributed by atoms with van der Waals surface area (Å²) in [5.41, 5.74) is 1.61. The van der Waals surface area contributed by atoms with Gasteiger partial charge in [-0.05, 0) is 42.4 Å². The lowest BCUT2D eigenvalue weighted by atomic mass is 9.83. The smallest absolute Gasteiger partial charge is 0.191 e. The van der Waals surface area contributed by atoms with Crippen LogP contribution < -0.4 is 10.6 Å². The van der Waals surface area contributed by atoms with E-state index in [0.717, 1.165) is 36.5 Å². The van der Waals surface area contributed by atoms with Crippen LogP contribution in [0.2, 0.25) is 0 Å². The second kappa shape index (κ2) is 11.3. The number of methoxy groups -OCH3 is 1. The molecule has 0 heterocycles. The molecule has 0 amide bonds. The van der Waals surface area contributed by atoms with E-state index in [-0.39, 0.29) is 24.0 Å². The van der Waals surface area contributed by atoms with Crippen molar-refractivity contribution in [2.24, 2.45) is 10.4 Å². The molecule has 0 atom stereocenters. The quantitative estimate of drug-likeness (QED) is 0.326. The first-order valence-corrected chi connectivity index (χ1v) is 9.15. The number of nitrogens with one attached hydrogen (secondary N) is 2. The number of halogens is 2. The van der Waals surface area contributed by atoms with Crippen molar-refractivity contribution in [3.63, 3.8) is 0 Å². The Morgan fingerprint density at radius 3 is 2.46 bits per heavy atom. The predicted octanol–water partition coefficient (Wildman–Crippen LogP) is 4.33. The van der Waals surface area contributed by atoms with E-state index in [9.17, 15) is 0 Å². The monoisotopic (exact) mass is 509 g/mol. The van der Waals surface area contributed by atoms with Gasteiger partial charge in [0.15, 0.2) is 5.96 Å². The Bertz CT molecular complexity index is 501. The summed E-state index contributed by atoms with van der Waals surface area (Å²) in [6.07, 6.45) is 6.35. The van der Waals surface area contributed by atoms with Gasteiger partial charge in [-0.25, -0.2) is 0 Å². The molecule has 2 rings (SSSR count). The summed E-state index contributed by atoms with van der Waals surface area (Å²) in [7, 11) is 3.61. The molecule has 0 aliphatic heterocycles.